The van der Waals surface area contributed by atoms with Crippen LogP contribution in [0.2, 0.25) is 0 Å². The smallest absolute Gasteiger partial charge is 0.311 e. The van der Waals surface area contributed by atoms with Gasteiger partial charge in [0.15, 0.2) is 0 Å². The number of ether oxygens (including phenoxy) is 3. The zero-order chi connectivity index (χ0) is 27.6. The Bertz CT molecular complexity index is 1190. The van der Waals surface area contributed by atoms with Crippen LogP contribution in [0.5, 0.6) is 5.75 Å². The second-order valence-electron chi connectivity index (χ2n) is 12.0. The summed E-state index contributed by atoms with van der Waals surface area (Å²) < 4.78 is 17.8. The highest BCUT2D eigenvalue weighted by atomic mass is 79.9. The summed E-state index contributed by atoms with van der Waals surface area (Å²) in [6.07, 6.45) is 5.40. The van der Waals surface area contributed by atoms with Gasteiger partial charge in [0.2, 0.25) is 0 Å². The monoisotopic (exact) mass is 601 g/mol. The Hall–Kier alpha value is -2.23. The average molecular weight is 603 g/mol. The highest BCUT2D eigenvalue weighted by Crippen LogP contribution is 2.41. The fourth-order valence-electron chi connectivity index (χ4n) is 5.96. The van der Waals surface area contributed by atoms with Crippen LogP contribution in [0.15, 0.2) is 28.7 Å². The lowest BCUT2D eigenvalue weighted by atomic mass is 9.69. The fourth-order valence-corrected chi connectivity index (χ4v) is 6.54. The van der Waals surface area contributed by atoms with E-state index in [1.54, 1.807) is 0 Å². The van der Waals surface area contributed by atoms with Gasteiger partial charge in [-0.2, -0.15) is 0 Å². The fraction of sp³-hybridized carbons (Fsp3) is 0.633. The van der Waals surface area contributed by atoms with Gasteiger partial charge in [-0.1, -0.05) is 29.8 Å². The molecule has 3 fully saturated rings. The van der Waals surface area contributed by atoms with Gasteiger partial charge in [0.1, 0.15) is 5.75 Å². The molecule has 2 aliphatic heterocycles. The third kappa shape index (κ3) is 6.74. The third-order valence-corrected chi connectivity index (χ3v) is 9.50. The first-order valence-corrected chi connectivity index (χ1v) is 14.9. The lowest BCUT2D eigenvalue weighted by Gasteiger charge is -2.39. The molecule has 1 aliphatic carbocycles. The summed E-state index contributed by atoms with van der Waals surface area (Å²) in [7, 11) is 1.44. The Balaban J connectivity index is 1.10. The molecule has 8 nitrogen and oxygen atoms in total. The molecule has 212 valence electrons. The van der Waals surface area contributed by atoms with E-state index in [9.17, 15) is 9.59 Å². The summed E-state index contributed by atoms with van der Waals surface area (Å²) in [4.78, 5) is 30.7. The molecule has 0 amide bonds. The van der Waals surface area contributed by atoms with Gasteiger partial charge >= 0.3 is 11.9 Å². The lowest BCUT2D eigenvalue weighted by Crippen LogP contribution is -2.50. The van der Waals surface area contributed by atoms with Crippen molar-refractivity contribution in [2.75, 3.05) is 39.9 Å². The number of nitrogens with zero attached hydrogens (tertiary/aromatic N) is 2. The van der Waals surface area contributed by atoms with E-state index < -0.39 is 0 Å². The van der Waals surface area contributed by atoms with E-state index in [0.717, 1.165) is 72.0 Å². The minimum atomic E-state index is -0.136. The molecular weight excluding hydrogens is 562 g/mol. The third-order valence-electron chi connectivity index (χ3n) is 8.85. The number of esters is 2. The Labute approximate surface area is 239 Å². The van der Waals surface area contributed by atoms with Crippen molar-refractivity contribution < 1.29 is 23.8 Å². The Morgan fingerprint density at radius 3 is 2.49 bits per heavy atom. The minimum absolute atomic E-state index is 0.0287. The van der Waals surface area contributed by atoms with Gasteiger partial charge in [-0.3, -0.25) is 19.5 Å². The molecule has 2 aromatic rings. The predicted octanol–water partition coefficient (Wildman–Crippen LogP) is 4.72. The van der Waals surface area contributed by atoms with Crippen LogP contribution in [0.1, 0.15) is 51.6 Å². The van der Waals surface area contributed by atoms with Crippen LogP contribution >= 0.6 is 15.9 Å². The van der Waals surface area contributed by atoms with Gasteiger partial charge in [-0.15, -0.1) is 0 Å². The van der Waals surface area contributed by atoms with Crippen LogP contribution in [0, 0.1) is 23.2 Å². The van der Waals surface area contributed by atoms with Crippen LogP contribution in [0.25, 0.3) is 10.9 Å². The largest absolute Gasteiger partial charge is 0.490 e. The number of nitrogens with one attached hydrogen (secondary N) is 1. The number of halogens is 1. The van der Waals surface area contributed by atoms with Crippen molar-refractivity contribution in [3.8, 4) is 5.75 Å². The summed E-state index contributed by atoms with van der Waals surface area (Å²) in [6.45, 7) is 8.74. The normalized spacial score (nSPS) is 22.7. The molecule has 1 saturated carbocycles. The number of carbonyl (C=O) groups is 2. The maximum Gasteiger partial charge on any atom is 0.311 e. The van der Waals surface area contributed by atoms with Crippen molar-refractivity contribution in [2.24, 2.45) is 23.2 Å². The van der Waals surface area contributed by atoms with Crippen LogP contribution < -0.4 is 10.1 Å². The first-order chi connectivity index (χ1) is 18.7. The predicted molar refractivity (Wildman–Crippen MR) is 152 cm³/mol. The molecule has 9 heteroatoms. The minimum Gasteiger partial charge on any atom is -0.490 e. The molecule has 0 unspecified atom stereocenters. The number of likely N-dealkylation sites (tertiary alicyclic amines) is 1. The van der Waals surface area contributed by atoms with Crippen molar-refractivity contribution in [2.45, 2.75) is 58.6 Å². The maximum absolute atomic E-state index is 12.0. The molecule has 2 saturated heterocycles. The standard InChI is InChI=1S/C30H40BrN3O5/c1-30(2,10-11-38-29(36)19-14-32-15-19)21-4-6-23(7-5-21)39-24-8-9-27-25(13-24)26(31)12-22(33-27)18-34-16-20(17-34)28(35)37-3/h8-9,12-13,19-21,23,32H,4-7,10-11,14-18H2,1-3H3. The number of hydrogen-bond donors (Lipinski definition) is 1. The first kappa shape index (κ1) is 28.3. The van der Waals surface area contributed by atoms with Crippen molar-refractivity contribution in [3.05, 3.63) is 34.4 Å². The van der Waals surface area contributed by atoms with Crippen LogP contribution in [-0.2, 0) is 25.6 Å². The molecule has 1 aromatic heterocycles. The summed E-state index contributed by atoms with van der Waals surface area (Å²) in [5.74, 6) is 1.30. The van der Waals surface area contributed by atoms with Crippen molar-refractivity contribution in [3.63, 3.8) is 0 Å². The van der Waals surface area contributed by atoms with E-state index in [1.807, 2.05) is 12.1 Å². The second kappa shape index (κ2) is 12.1. The first-order valence-electron chi connectivity index (χ1n) is 14.1. The average Bonchev–Trinajstić information content (AvgIpc) is 2.85. The number of pyridine rings is 1. The topological polar surface area (TPSA) is 90.0 Å². The number of carbonyl (C=O) groups excluding carboxylic acids is 2. The van der Waals surface area contributed by atoms with E-state index in [4.69, 9.17) is 19.2 Å². The van der Waals surface area contributed by atoms with Gasteiger partial charge in [0.25, 0.3) is 0 Å². The molecule has 1 aromatic carbocycles. The van der Waals surface area contributed by atoms with Crippen LogP contribution in [0.4, 0.5) is 0 Å². The molecule has 0 bridgehead atoms. The SMILES string of the molecule is COC(=O)C1CN(Cc2cc(Br)c3cc(OC4CCC(C(C)(C)CCOC(=O)C5CNC5)CC4)ccc3n2)C1. The van der Waals surface area contributed by atoms with Crippen LogP contribution in [0.3, 0.4) is 0 Å². The van der Waals surface area contributed by atoms with E-state index in [1.165, 1.54) is 7.11 Å². The Kier molecular flexibility index (Phi) is 8.79. The van der Waals surface area contributed by atoms with Gasteiger partial charge in [-0.05, 0) is 67.7 Å². The summed E-state index contributed by atoms with van der Waals surface area (Å²) in [5.41, 5.74) is 2.04. The molecule has 5 rings (SSSR count). The van der Waals surface area contributed by atoms with E-state index in [0.29, 0.717) is 32.2 Å². The van der Waals surface area contributed by atoms with Gasteiger partial charge in [0, 0.05) is 42.6 Å². The Morgan fingerprint density at radius 2 is 1.82 bits per heavy atom. The summed E-state index contributed by atoms with van der Waals surface area (Å²) in [6, 6.07) is 8.19. The Morgan fingerprint density at radius 1 is 1.08 bits per heavy atom. The van der Waals surface area contributed by atoms with E-state index in [-0.39, 0.29) is 35.3 Å². The van der Waals surface area contributed by atoms with Gasteiger partial charge < -0.3 is 19.5 Å². The highest BCUT2D eigenvalue weighted by molar-refractivity contribution is 9.10. The number of rotatable bonds is 10. The number of fused-ring (bicyclic) bond motifs is 1. The molecule has 0 radical (unpaired) electrons. The zero-order valence-corrected chi connectivity index (χ0v) is 24.8. The number of aromatic nitrogens is 1. The highest BCUT2D eigenvalue weighted by Gasteiger charge is 2.35. The van der Waals surface area contributed by atoms with Crippen molar-refractivity contribution in [1.29, 1.82) is 0 Å². The molecule has 0 atom stereocenters. The zero-order valence-electron chi connectivity index (χ0n) is 23.2. The van der Waals surface area contributed by atoms with E-state index in [2.05, 4.69) is 52.1 Å². The molecule has 0 spiro atoms. The van der Waals surface area contributed by atoms with Crippen LogP contribution in [-0.4, -0.2) is 67.8 Å². The number of methoxy groups -OCH3 is 1. The van der Waals surface area contributed by atoms with Gasteiger partial charge in [-0.25, -0.2) is 0 Å². The van der Waals surface area contributed by atoms with E-state index >= 15 is 0 Å². The lowest BCUT2D eigenvalue weighted by molar-refractivity contribution is -0.152. The molecular formula is C30H40BrN3O5. The maximum atomic E-state index is 12.0. The van der Waals surface area contributed by atoms with Crippen molar-refractivity contribution in [1.82, 2.24) is 15.2 Å². The molecule has 3 aliphatic rings. The summed E-state index contributed by atoms with van der Waals surface area (Å²) in [5, 5.41) is 4.16. The molecule has 1 N–H and O–H groups in total. The number of benzene rings is 1. The van der Waals surface area contributed by atoms with Crippen molar-refractivity contribution >= 4 is 38.8 Å². The second-order valence-corrected chi connectivity index (χ2v) is 12.9. The number of hydrogen-bond acceptors (Lipinski definition) is 8. The quantitative estimate of drug-likeness (QED) is 0.391. The molecule has 39 heavy (non-hydrogen) atoms. The summed E-state index contributed by atoms with van der Waals surface area (Å²) >= 11 is 3.73. The molecule has 3 heterocycles. The van der Waals surface area contributed by atoms with Gasteiger partial charge in [0.05, 0.1) is 42.9 Å².